The summed E-state index contributed by atoms with van der Waals surface area (Å²) in [6.45, 7) is 1.90. The van der Waals surface area contributed by atoms with Crippen LogP contribution in [0, 0.1) is 12.7 Å². The van der Waals surface area contributed by atoms with Crippen molar-refractivity contribution in [2.45, 2.75) is 11.8 Å². The first kappa shape index (κ1) is 17.6. The zero-order valence-electron chi connectivity index (χ0n) is 12.9. The maximum absolute atomic E-state index is 14.1. The predicted molar refractivity (Wildman–Crippen MR) is 93.5 cm³/mol. The molecule has 0 aliphatic heterocycles. The predicted octanol–water partition coefficient (Wildman–Crippen LogP) is 2.95. The molecule has 0 amide bonds. The first-order chi connectivity index (χ1) is 11.7. The molecule has 2 N–H and O–H groups in total. The molecule has 0 unspecified atom stereocenters. The van der Waals surface area contributed by atoms with Crippen LogP contribution < -0.4 is 10.9 Å². The Morgan fingerprint density at radius 2 is 1.92 bits per heavy atom. The quantitative estimate of drug-likeness (QED) is 0.696. The van der Waals surface area contributed by atoms with Crippen LogP contribution in [0.2, 0.25) is 0 Å². The summed E-state index contributed by atoms with van der Waals surface area (Å²) >= 11 is 3.39. The number of nitrogens with two attached hydrogens (primary N) is 1. The van der Waals surface area contributed by atoms with Crippen LogP contribution in [0.3, 0.4) is 0 Å². The topological polar surface area (TPSA) is 95.3 Å². The summed E-state index contributed by atoms with van der Waals surface area (Å²) in [7, 11) is -4.17. The Balaban J connectivity index is 2.19. The number of benzene rings is 2. The van der Waals surface area contributed by atoms with Crippen molar-refractivity contribution in [3.05, 3.63) is 69.1 Å². The third kappa shape index (κ3) is 3.30. The van der Waals surface area contributed by atoms with Crippen LogP contribution in [-0.4, -0.2) is 13.0 Å². The van der Waals surface area contributed by atoms with E-state index in [2.05, 4.69) is 15.9 Å². The van der Waals surface area contributed by atoms with Gasteiger partial charge in [-0.2, -0.15) is 0 Å². The molecule has 0 aliphatic rings. The minimum absolute atomic E-state index is 0.271. The lowest BCUT2D eigenvalue weighted by molar-refractivity contribution is 0.504. The summed E-state index contributed by atoms with van der Waals surface area (Å²) in [5, 5.41) is 4.96. The van der Waals surface area contributed by atoms with Crippen LogP contribution in [-0.2, 0) is 10.0 Å². The van der Waals surface area contributed by atoms with Gasteiger partial charge in [-0.25, -0.2) is 27.3 Å². The van der Waals surface area contributed by atoms with Crippen LogP contribution >= 0.6 is 15.9 Å². The molecule has 0 radical (unpaired) electrons. The van der Waals surface area contributed by atoms with Crippen molar-refractivity contribution in [2.75, 3.05) is 0 Å². The first-order valence-corrected chi connectivity index (χ1v) is 9.32. The average Bonchev–Trinajstić information content (AvgIpc) is 2.90. The molecule has 0 atom stereocenters. The molecular formula is C16H12BrFN2O4S. The summed E-state index contributed by atoms with van der Waals surface area (Å²) in [6.07, 6.45) is 1.18. The van der Waals surface area contributed by atoms with Crippen molar-refractivity contribution in [3.8, 4) is 16.9 Å². The Morgan fingerprint density at radius 3 is 2.52 bits per heavy atom. The van der Waals surface area contributed by atoms with E-state index in [9.17, 15) is 17.6 Å². The number of halogens is 2. The summed E-state index contributed by atoms with van der Waals surface area (Å²) < 4.78 is 43.7. The number of hydrogen-bond donors (Lipinski definition) is 1. The van der Waals surface area contributed by atoms with Crippen molar-refractivity contribution >= 4 is 26.0 Å². The Labute approximate surface area is 150 Å². The van der Waals surface area contributed by atoms with E-state index in [4.69, 9.17) is 9.56 Å². The van der Waals surface area contributed by atoms with Crippen molar-refractivity contribution in [1.82, 2.24) is 4.57 Å². The minimum atomic E-state index is -4.17. The number of oxazole rings is 1. The van der Waals surface area contributed by atoms with E-state index in [1.54, 1.807) is 12.1 Å². The first-order valence-electron chi connectivity index (χ1n) is 6.98. The summed E-state index contributed by atoms with van der Waals surface area (Å²) in [5.41, 5.74) is 2.04. The molecule has 1 heterocycles. The Morgan fingerprint density at radius 1 is 1.20 bits per heavy atom. The van der Waals surface area contributed by atoms with Gasteiger partial charge in [0.2, 0.25) is 10.0 Å². The molecule has 2 aromatic carbocycles. The van der Waals surface area contributed by atoms with Gasteiger partial charge in [0, 0.05) is 10.0 Å². The van der Waals surface area contributed by atoms with Crippen molar-refractivity contribution < 1.29 is 17.2 Å². The maximum Gasteiger partial charge on any atom is 0.424 e. The number of hydrogen-bond acceptors (Lipinski definition) is 4. The van der Waals surface area contributed by atoms with Crippen LogP contribution in [0.25, 0.3) is 16.9 Å². The van der Waals surface area contributed by atoms with E-state index in [1.807, 2.05) is 13.0 Å². The van der Waals surface area contributed by atoms with Gasteiger partial charge in [-0.1, -0.05) is 28.1 Å². The highest BCUT2D eigenvalue weighted by atomic mass is 79.9. The molecule has 3 rings (SSSR count). The molecule has 9 heteroatoms. The molecule has 0 saturated heterocycles. The normalized spacial score (nSPS) is 11.7. The molecular weight excluding hydrogens is 415 g/mol. The molecule has 1 aromatic heterocycles. The Bertz CT molecular complexity index is 1140. The second kappa shape index (κ2) is 6.25. The van der Waals surface area contributed by atoms with Crippen LogP contribution in [0.4, 0.5) is 4.39 Å². The van der Waals surface area contributed by atoms with E-state index >= 15 is 0 Å². The number of rotatable bonds is 3. The van der Waals surface area contributed by atoms with Crippen molar-refractivity contribution in [1.29, 1.82) is 0 Å². The minimum Gasteiger partial charge on any atom is -0.415 e. The van der Waals surface area contributed by atoms with Gasteiger partial charge in [0.25, 0.3) is 0 Å². The molecule has 0 fully saturated rings. The zero-order chi connectivity index (χ0) is 18.4. The number of aryl methyl sites for hydroxylation is 1. The number of sulfonamides is 1. The Hall–Kier alpha value is -2.23. The second-order valence-corrected chi connectivity index (χ2v) is 7.73. The monoisotopic (exact) mass is 426 g/mol. The molecule has 25 heavy (non-hydrogen) atoms. The lowest BCUT2D eigenvalue weighted by Crippen LogP contribution is -2.15. The summed E-state index contributed by atoms with van der Waals surface area (Å²) in [6, 6.07) is 8.65. The van der Waals surface area contributed by atoms with Crippen molar-refractivity contribution in [2.24, 2.45) is 5.14 Å². The fourth-order valence-electron chi connectivity index (χ4n) is 2.36. The largest absolute Gasteiger partial charge is 0.424 e. The van der Waals surface area contributed by atoms with Crippen LogP contribution in [0.5, 0.6) is 0 Å². The fraction of sp³-hybridized carbons (Fsp3) is 0.0625. The summed E-state index contributed by atoms with van der Waals surface area (Å²) in [5.74, 6) is -1.66. The van der Waals surface area contributed by atoms with Gasteiger partial charge in [-0.3, -0.25) is 0 Å². The molecule has 0 spiro atoms. The SMILES string of the molecule is Cc1ccc(-n2c(-c3ccc(S(N)(=O)=O)c(F)c3)coc2=O)cc1Br. The standard InChI is InChI=1S/C16H12BrFN2O4S/c1-9-2-4-11(7-12(9)17)20-14(8-24-16(20)21)10-3-5-15(13(18)6-10)25(19,22)23/h2-8H,1H3,(H2,19,22,23). The summed E-state index contributed by atoms with van der Waals surface area (Å²) in [4.78, 5) is 11.5. The van der Waals surface area contributed by atoms with Gasteiger partial charge in [0.05, 0.1) is 11.4 Å². The third-order valence-electron chi connectivity index (χ3n) is 3.64. The van der Waals surface area contributed by atoms with Gasteiger partial charge in [-0.15, -0.1) is 0 Å². The molecule has 0 saturated carbocycles. The van der Waals surface area contributed by atoms with E-state index < -0.39 is 26.5 Å². The smallest absolute Gasteiger partial charge is 0.415 e. The van der Waals surface area contributed by atoms with E-state index in [1.165, 1.54) is 16.9 Å². The van der Waals surface area contributed by atoms with E-state index in [-0.39, 0.29) is 11.3 Å². The van der Waals surface area contributed by atoms with Gasteiger partial charge in [0.15, 0.2) is 0 Å². The van der Waals surface area contributed by atoms with Crippen LogP contribution in [0.1, 0.15) is 5.56 Å². The lowest BCUT2D eigenvalue weighted by Gasteiger charge is -2.09. The highest BCUT2D eigenvalue weighted by Crippen LogP contribution is 2.27. The van der Waals surface area contributed by atoms with Gasteiger partial charge in [0.1, 0.15) is 17.0 Å². The number of aromatic nitrogens is 1. The average molecular weight is 427 g/mol. The van der Waals surface area contributed by atoms with E-state index in [0.717, 1.165) is 22.2 Å². The lowest BCUT2D eigenvalue weighted by atomic mass is 10.1. The Kier molecular flexibility index (Phi) is 4.40. The zero-order valence-corrected chi connectivity index (χ0v) is 15.3. The molecule has 0 bridgehead atoms. The van der Waals surface area contributed by atoms with Crippen molar-refractivity contribution in [3.63, 3.8) is 0 Å². The molecule has 130 valence electrons. The molecule has 6 nitrogen and oxygen atoms in total. The highest BCUT2D eigenvalue weighted by molar-refractivity contribution is 9.10. The van der Waals surface area contributed by atoms with Gasteiger partial charge in [-0.05, 0) is 36.8 Å². The third-order valence-corrected chi connectivity index (χ3v) is 5.44. The van der Waals surface area contributed by atoms with Gasteiger partial charge >= 0.3 is 5.76 Å². The maximum atomic E-state index is 14.1. The molecule has 3 aromatic rings. The molecule has 0 aliphatic carbocycles. The van der Waals surface area contributed by atoms with E-state index in [0.29, 0.717) is 5.69 Å². The highest BCUT2D eigenvalue weighted by Gasteiger charge is 2.18. The van der Waals surface area contributed by atoms with Crippen LogP contribution in [0.15, 0.2) is 61.2 Å². The number of nitrogens with zero attached hydrogens (tertiary/aromatic N) is 1. The number of primary sulfonamides is 1. The van der Waals surface area contributed by atoms with Gasteiger partial charge < -0.3 is 4.42 Å². The second-order valence-electron chi connectivity index (χ2n) is 5.35. The fourth-order valence-corrected chi connectivity index (χ4v) is 3.32.